The molecule has 0 aliphatic heterocycles. The molecule has 0 unspecified atom stereocenters. The van der Waals surface area contributed by atoms with E-state index in [9.17, 15) is 4.79 Å². The topological polar surface area (TPSA) is 39.3 Å². The van der Waals surface area contributed by atoms with E-state index >= 15 is 0 Å². The molecule has 2 heterocycles. The highest BCUT2D eigenvalue weighted by molar-refractivity contribution is 5.39. The fourth-order valence-electron chi connectivity index (χ4n) is 1.66. The van der Waals surface area contributed by atoms with Gasteiger partial charge in [-0.05, 0) is 24.3 Å². The van der Waals surface area contributed by atoms with Gasteiger partial charge in [0.2, 0.25) is 0 Å². The van der Waals surface area contributed by atoms with Crippen molar-refractivity contribution in [2.75, 3.05) is 0 Å². The van der Waals surface area contributed by atoms with E-state index in [1.807, 2.05) is 42.5 Å². The number of fused-ring (bicyclic) bond motifs is 1. The highest BCUT2D eigenvalue weighted by Gasteiger charge is 2.06. The molecule has 1 aromatic carbocycles. The smallest absolute Gasteiger partial charge is 0.250 e. The zero-order valence-corrected chi connectivity index (χ0v) is 8.45. The van der Waals surface area contributed by atoms with Crippen molar-refractivity contribution >= 4 is 5.65 Å². The maximum absolute atomic E-state index is 12.0. The normalized spacial score (nSPS) is 10.8. The van der Waals surface area contributed by atoms with Crippen LogP contribution in [0, 0.1) is 0 Å². The standard InChI is InChI=1S/C12H9N3O/c16-12-14-9-5-4-8-11(14)13-15(12)10-6-2-1-3-7-10/h1-9H. The summed E-state index contributed by atoms with van der Waals surface area (Å²) in [5, 5.41) is 4.25. The molecule has 78 valence electrons. The first-order valence-electron chi connectivity index (χ1n) is 4.98. The number of pyridine rings is 1. The first-order valence-corrected chi connectivity index (χ1v) is 4.98. The Bertz CT molecular complexity index is 682. The lowest BCUT2D eigenvalue weighted by Gasteiger charge is -1.96. The molecule has 0 radical (unpaired) electrons. The van der Waals surface area contributed by atoms with Gasteiger partial charge in [-0.2, -0.15) is 4.68 Å². The lowest BCUT2D eigenvalue weighted by molar-refractivity contribution is 0.838. The van der Waals surface area contributed by atoms with E-state index in [0.717, 1.165) is 5.69 Å². The van der Waals surface area contributed by atoms with Crippen LogP contribution in [0.15, 0.2) is 59.5 Å². The summed E-state index contributed by atoms with van der Waals surface area (Å²) in [4.78, 5) is 12.0. The van der Waals surface area contributed by atoms with E-state index in [1.54, 1.807) is 12.3 Å². The lowest BCUT2D eigenvalue weighted by atomic mass is 10.3. The van der Waals surface area contributed by atoms with E-state index in [4.69, 9.17) is 0 Å². The molecule has 2 aromatic heterocycles. The zero-order valence-electron chi connectivity index (χ0n) is 8.45. The molecule has 4 heteroatoms. The largest absolute Gasteiger partial charge is 0.355 e. The van der Waals surface area contributed by atoms with Gasteiger partial charge in [0.1, 0.15) is 0 Å². The maximum atomic E-state index is 12.0. The van der Waals surface area contributed by atoms with Crippen molar-refractivity contribution < 1.29 is 0 Å². The van der Waals surface area contributed by atoms with Crippen LogP contribution in [0.4, 0.5) is 0 Å². The molecule has 3 rings (SSSR count). The number of hydrogen-bond donors (Lipinski definition) is 0. The van der Waals surface area contributed by atoms with Gasteiger partial charge in [-0.15, -0.1) is 5.10 Å². The summed E-state index contributed by atoms with van der Waals surface area (Å²) in [5.74, 6) is 0. The molecule has 0 bridgehead atoms. The van der Waals surface area contributed by atoms with E-state index in [-0.39, 0.29) is 5.69 Å². The van der Waals surface area contributed by atoms with Crippen LogP contribution in [-0.4, -0.2) is 14.2 Å². The van der Waals surface area contributed by atoms with Gasteiger partial charge < -0.3 is 0 Å². The average Bonchev–Trinajstić information content (AvgIpc) is 2.69. The molecule has 0 saturated carbocycles. The number of para-hydroxylation sites is 1. The molecule has 0 fully saturated rings. The Hall–Kier alpha value is -2.36. The van der Waals surface area contributed by atoms with Crippen LogP contribution in [0.1, 0.15) is 0 Å². The first kappa shape index (κ1) is 8.91. The average molecular weight is 211 g/mol. The quantitative estimate of drug-likeness (QED) is 0.611. The molecular weight excluding hydrogens is 202 g/mol. The predicted molar refractivity (Wildman–Crippen MR) is 60.8 cm³/mol. The van der Waals surface area contributed by atoms with Crippen molar-refractivity contribution in [3.8, 4) is 5.69 Å². The van der Waals surface area contributed by atoms with Gasteiger partial charge in [-0.3, -0.25) is 0 Å². The fraction of sp³-hybridized carbons (Fsp3) is 0. The third kappa shape index (κ3) is 1.24. The Labute approximate surface area is 91.4 Å². The van der Waals surface area contributed by atoms with Gasteiger partial charge >= 0.3 is 5.69 Å². The molecule has 0 spiro atoms. The van der Waals surface area contributed by atoms with Gasteiger partial charge in [0.15, 0.2) is 5.65 Å². The lowest BCUT2D eigenvalue weighted by Crippen LogP contribution is -2.19. The second kappa shape index (κ2) is 3.34. The highest BCUT2D eigenvalue weighted by Crippen LogP contribution is 2.03. The van der Waals surface area contributed by atoms with Gasteiger partial charge in [0.05, 0.1) is 5.69 Å². The van der Waals surface area contributed by atoms with Crippen molar-refractivity contribution in [1.82, 2.24) is 14.2 Å². The van der Waals surface area contributed by atoms with Crippen LogP contribution >= 0.6 is 0 Å². The van der Waals surface area contributed by atoms with Crippen LogP contribution in [0.2, 0.25) is 0 Å². The molecule has 0 saturated heterocycles. The van der Waals surface area contributed by atoms with Gasteiger partial charge in [-0.25, -0.2) is 9.20 Å². The Morgan fingerprint density at radius 3 is 2.44 bits per heavy atom. The summed E-state index contributed by atoms with van der Waals surface area (Å²) in [7, 11) is 0. The maximum Gasteiger partial charge on any atom is 0.355 e. The Morgan fingerprint density at radius 2 is 1.69 bits per heavy atom. The highest BCUT2D eigenvalue weighted by atomic mass is 16.2. The SMILES string of the molecule is O=c1n(-c2ccccc2)nc2ccccn12. The first-order chi connectivity index (χ1) is 7.86. The number of aromatic nitrogens is 3. The summed E-state index contributed by atoms with van der Waals surface area (Å²) in [6, 6.07) is 14.9. The minimum atomic E-state index is -0.151. The monoisotopic (exact) mass is 211 g/mol. The van der Waals surface area contributed by atoms with Crippen LogP contribution in [-0.2, 0) is 0 Å². The minimum absolute atomic E-state index is 0.151. The molecule has 0 N–H and O–H groups in total. The summed E-state index contributed by atoms with van der Waals surface area (Å²) in [6.07, 6.45) is 1.71. The van der Waals surface area contributed by atoms with E-state index in [1.165, 1.54) is 9.08 Å². The summed E-state index contributed by atoms with van der Waals surface area (Å²) >= 11 is 0. The number of rotatable bonds is 1. The third-order valence-electron chi connectivity index (χ3n) is 2.43. The zero-order chi connectivity index (χ0) is 11.0. The predicted octanol–water partition coefficient (Wildman–Crippen LogP) is 1.49. The Balaban J connectivity index is 2.34. The molecule has 4 nitrogen and oxygen atoms in total. The number of hydrogen-bond acceptors (Lipinski definition) is 2. The molecule has 0 amide bonds. The van der Waals surface area contributed by atoms with Gasteiger partial charge in [-0.1, -0.05) is 24.3 Å². The Morgan fingerprint density at radius 1 is 0.938 bits per heavy atom. The molecule has 0 aliphatic rings. The summed E-state index contributed by atoms with van der Waals surface area (Å²) < 4.78 is 2.92. The van der Waals surface area contributed by atoms with Crippen molar-refractivity contribution in [3.63, 3.8) is 0 Å². The second-order valence-corrected chi connectivity index (χ2v) is 3.46. The molecule has 0 aliphatic carbocycles. The van der Waals surface area contributed by atoms with Crippen LogP contribution < -0.4 is 5.69 Å². The molecular formula is C12H9N3O. The number of nitrogens with zero attached hydrogens (tertiary/aromatic N) is 3. The van der Waals surface area contributed by atoms with Gasteiger partial charge in [0, 0.05) is 6.20 Å². The van der Waals surface area contributed by atoms with Crippen molar-refractivity contribution in [2.45, 2.75) is 0 Å². The second-order valence-electron chi connectivity index (χ2n) is 3.46. The van der Waals surface area contributed by atoms with Crippen LogP contribution in [0.25, 0.3) is 11.3 Å². The third-order valence-corrected chi connectivity index (χ3v) is 2.43. The molecule has 16 heavy (non-hydrogen) atoms. The fourth-order valence-corrected chi connectivity index (χ4v) is 1.66. The molecule has 3 aromatic rings. The van der Waals surface area contributed by atoms with Gasteiger partial charge in [0.25, 0.3) is 0 Å². The minimum Gasteiger partial charge on any atom is -0.250 e. The van der Waals surface area contributed by atoms with E-state index in [0.29, 0.717) is 5.65 Å². The van der Waals surface area contributed by atoms with Crippen molar-refractivity contribution in [3.05, 3.63) is 65.2 Å². The Kier molecular flexibility index (Phi) is 1.86. The van der Waals surface area contributed by atoms with E-state index in [2.05, 4.69) is 5.10 Å². The summed E-state index contributed by atoms with van der Waals surface area (Å²) in [5.41, 5.74) is 1.27. The van der Waals surface area contributed by atoms with Crippen LogP contribution in [0.3, 0.4) is 0 Å². The van der Waals surface area contributed by atoms with Crippen molar-refractivity contribution in [1.29, 1.82) is 0 Å². The van der Waals surface area contributed by atoms with Crippen molar-refractivity contribution in [2.24, 2.45) is 0 Å². The summed E-state index contributed by atoms with van der Waals surface area (Å²) in [6.45, 7) is 0. The molecule has 0 atom stereocenters. The van der Waals surface area contributed by atoms with Crippen LogP contribution in [0.5, 0.6) is 0 Å². The number of benzene rings is 1. The van der Waals surface area contributed by atoms with E-state index < -0.39 is 0 Å².